The van der Waals surface area contributed by atoms with E-state index in [2.05, 4.69) is 39.1 Å². The monoisotopic (exact) mass is 348 g/mol. The van der Waals surface area contributed by atoms with E-state index in [4.69, 9.17) is 9.47 Å². The van der Waals surface area contributed by atoms with Crippen LogP contribution in [0.5, 0.6) is 0 Å². The number of fused-ring (bicyclic) bond motifs is 1. The van der Waals surface area contributed by atoms with Crippen molar-refractivity contribution in [1.82, 2.24) is 25.1 Å². The molecule has 1 aliphatic heterocycles. The fourth-order valence-electron chi connectivity index (χ4n) is 3.13. The minimum Gasteiger partial charge on any atom is -0.375 e. The Balaban J connectivity index is 1.75. The number of ether oxygens (including phenoxy) is 2. The minimum absolute atomic E-state index is 0.0551. The van der Waals surface area contributed by atoms with Crippen molar-refractivity contribution in [3.05, 3.63) is 12.5 Å². The summed E-state index contributed by atoms with van der Waals surface area (Å²) >= 11 is 0. The van der Waals surface area contributed by atoms with Crippen LogP contribution in [0.2, 0.25) is 0 Å². The van der Waals surface area contributed by atoms with E-state index in [1.807, 2.05) is 0 Å². The van der Waals surface area contributed by atoms with Crippen LogP contribution in [-0.4, -0.2) is 71.2 Å². The van der Waals surface area contributed by atoms with Crippen LogP contribution in [0.25, 0.3) is 11.0 Å². The number of morpholine rings is 1. The number of rotatable bonds is 6. The van der Waals surface area contributed by atoms with Crippen molar-refractivity contribution in [2.45, 2.75) is 32.6 Å². The van der Waals surface area contributed by atoms with E-state index in [0.717, 1.165) is 29.9 Å². The molecule has 0 bridgehead atoms. The van der Waals surface area contributed by atoms with E-state index in [0.29, 0.717) is 13.1 Å². The Kier molecular flexibility index (Phi) is 5.44. The molecular weight excluding hydrogens is 324 g/mol. The van der Waals surface area contributed by atoms with Gasteiger partial charge in [-0.15, -0.1) is 0 Å². The summed E-state index contributed by atoms with van der Waals surface area (Å²) in [6.07, 6.45) is 3.65. The third-order valence-corrected chi connectivity index (χ3v) is 4.05. The number of amides is 1. The lowest BCUT2D eigenvalue weighted by molar-refractivity contribution is -0.124. The predicted octanol–water partition coefficient (Wildman–Crippen LogP) is 0.203. The molecule has 1 saturated heterocycles. The summed E-state index contributed by atoms with van der Waals surface area (Å²) in [5, 5.41) is 8.10. The lowest BCUT2D eigenvalue weighted by Crippen LogP contribution is -2.45. The molecule has 1 amide bonds. The van der Waals surface area contributed by atoms with E-state index in [9.17, 15) is 4.79 Å². The lowest BCUT2D eigenvalue weighted by atomic mass is 10.2. The molecule has 0 saturated carbocycles. The van der Waals surface area contributed by atoms with Gasteiger partial charge in [0.05, 0.1) is 30.3 Å². The number of hydrogen-bond donors (Lipinski definition) is 1. The molecule has 2 atom stereocenters. The molecule has 0 aliphatic carbocycles. The molecule has 1 N–H and O–H groups in total. The first-order valence-electron chi connectivity index (χ1n) is 8.41. The van der Waals surface area contributed by atoms with Crippen molar-refractivity contribution in [1.29, 1.82) is 0 Å². The van der Waals surface area contributed by atoms with Crippen LogP contribution >= 0.6 is 0 Å². The highest BCUT2D eigenvalue weighted by atomic mass is 16.5. The number of methoxy groups -OCH3 is 1. The molecule has 0 aromatic carbocycles. The average molecular weight is 348 g/mol. The largest absolute Gasteiger partial charge is 0.375 e. The van der Waals surface area contributed by atoms with Crippen LogP contribution in [0.4, 0.5) is 5.82 Å². The van der Waals surface area contributed by atoms with E-state index in [1.54, 1.807) is 17.2 Å². The van der Waals surface area contributed by atoms with Gasteiger partial charge in [-0.3, -0.25) is 4.79 Å². The molecule has 3 rings (SSSR count). The Morgan fingerprint density at radius 2 is 2.12 bits per heavy atom. The Morgan fingerprint density at radius 3 is 2.84 bits per heavy atom. The summed E-state index contributed by atoms with van der Waals surface area (Å²) in [5.74, 6) is 0.729. The molecular formula is C16H24N6O3. The minimum atomic E-state index is -0.148. The van der Waals surface area contributed by atoms with Crippen molar-refractivity contribution in [2.24, 2.45) is 0 Å². The van der Waals surface area contributed by atoms with Crippen molar-refractivity contribution in [3.8, 4) is 0 Å². The topological polar surface area (TPSA) is 94.4 Å². The maximum Gasteiger partial charge on any atom is 0.246 e. The zero-order chi connectivity index (χ0) is 17.8. The van der Waals surface area contributed by atoms with E-state index < -0.39 is 0 Å². The first kappa shape index (κ1) is 17.6. The molecule has 0 spiro atoms. The van der Waals surface area contributed by atoms with Crippen LogP contribution in [0.15, 0.2) is 12.5 Å². The predicted molar refractivity (Wildman–Crippen MR) is 92.4 cm³/mol. The van der Waals surface area contributed by atoms with Crippen molar-refractivity contribution in [2.75, 3.05) is 38.3 Å². The van der Waals surface area contributed by atoms with Gasteiger partial charge in [-0.2, -0.15) is 5.10 Å². The van der Waals surface area contributed by atoms with E-state index >= 15 is 0 Å². The molecule has 9 heteroatoms. The lowest BCUT2D eigenvalue weighted by Gasteiger charge is -2.36. The third-order valence-electron chi connectivity index (χ3n) is 4.05. The summed E-state index contributed by atoms with van der Waals surface area (Å²) in [6.45, 7) is 6.75. The standard InChI is InChI=1S/C16H24N6O3/c1-11-7-21(8-12(2)25-11)15-13-6-20-22(16(13)19-10-18-15)5-4-17-14(23)9-24-3/h6,10-12H,4-5,7-9H2,1-3H3,(H,17,23). The second kappa shape index (κ2) is 7.75. The van der Waals surface area contributed by atoms with Gasteiger partial charge in [0.2, 0.25) is 5.91 Å². The number of nitrogens with zero attached hydrogens (tertiary/aromatic N) is 5. The molecule has 136 valence electrons. The molecule has 2 unspecified atom stereocenters. The van der Waals surface area contributed by atoms with Gasteiger partial charge in [0.15, 0.2) is 5.65 Å². The highest BCUT2D eigenvalue weighted by Gasteiger charge is 2.25. The highest BCUT2D eigenvalue weighted by molar-refractivity contribution is 5.86. The maximum absolute atomic E-state index is 11.4. The number of nitrogens with one attached hydrogen (secondary N) is 1. The second-order valence-electron chi connectivity index (χ2n) is 6.25. The van der Waals surface area contributed by atoms with Crippen LogP contribution in [0, 0.1) is 0 Å². The smallest absolute Gasteiger partial charge is 0.246 e. The molecule has 2 aromatic heterocycles. The summed E-state index contributed by atoms with van der Waals surface area (Å²) in [4.78, 5) is 22.5. The number of carbonyl (C=O) groups excluding carboxylic acids is 1. The summed E-state index contributed by atoms with van der Waals surface area (Å²) in [7, 11) is 1.49. The van der Waals surface area contributed by atoms with Gasteiger partial charge in [0, 0.05) is 26.7 Å². The van der Waals surface area contributed by atoms with Crippen molar-refractivity contribution < 1.29 is 14.3 Å². The number of carbonyl (C=O) groups is 1. The van der Waals surface area contributed by atoms with Crippen LogP contribution in [0.3, 0.4) is 0 Å². The molecule has 2 aromatic rings. The van der Waals surface area contributed by atoms with Crippen LogP contribution in [-0.2, 0) is 20.8 Å². The number of hydrogen-bond acceptors (Lipinski definition) is 7. The third kappa shape index (κ3) is 4.05. The Bertz CT molecular complexity index is 724. The van der Waals surface area contributed by atoms with Gasteiger partial charge in [0.25, 0.3) is 0 Å². The van der Waals surface area contributed by atoms with Gasteiger partial charge in [-0.25, -0.2) is 14.6 Å². The number of anilines is 1. The molecule has 9 nitrogen and oxygen atoms in total. The first-order chi connectivity index (χ1) is 12.1. The molecule has 0 radical (unpaired) electrons. The molecule has 3 heterocycles. The average Bonchev–Trinajstić information content (AvgIpc) is 2.97. The molecule has 25 heavy (non-hydrogen) atoms. The summed E-state index contributed by atoms with van der Waals surface area (Å²) < 4.78 is 12.4. The van der Waals surface area contributed by atoms with Gasteiger partial charge in [-0.1, -0.05) is 0 Å². The van der Waals surface area contributed by atoms with Gasteiger partial charge < -0.3 is 19.7 Å². The first-order valence-corrected chi connectivity index (χ1v) is 8.41. The summed E-state index contributed by atoms with van der Waals surface area (Å²) in [5.41, 5.74) is 0.762. The van der Waals surface area contributed by atoms with E-state index in [1.165, 1.54) is 7.11 Å². The normalized spacial score (nSPS) is 20.8. The Hall–Kier alpha value is -2.26. The number of aromatic nitrogens is 4. The van der Waals surface area contributed by atoms with Crippen LogP contribution in [0.1, 0.15) is 13.8 Å². The molecule has 1 aliphatic rings. The van der Waals surface area contributed by atoms with Crippen molar-refractivity contribution in [3.63, 3.8) is 0 Å². The SMILES string of the molecule is COCC(=O)NCCn1ncc2c(N3CC(C)OC(C)C3)ncnc21. The Morgan fingerprint density at radius 1 is 1.36 bits per heavy atom. The van der Waals surface area contributed by atoms with Gasteiger partial charge >= 0.3 is 0 Å². The summed E-state index contributed by atoms with van der Waals surface area (Å²) in [6, 6.07) is 0. The van der Waals surface area contributed by atoms with E-state index in [-0.39, 0.29) is 24.7 Å². The maximum atomic E-state index is 11.4. The quantitative estimate of drug-likeness (QED) is 0.797. The fourth-order valence-corrected chi connectivity index (χ4v) is 3.13. The fraction of sp³-hybridized carbons (Fsp3) is 0.625. The zero-order valence-electron chi connectivity index (χ0n) is 14.8. The zero-order valence-corrected chi connectivity index (χ0v) is 14.8. The second-order valence-corrected chi connectivity index (χ2v) is 6.25. The Labute approximate surface area is 146 Å². The van der Waals surface area contributed by atoms with Crippen LogP contribution < -0.4 is 10.2 Å². The van der Waals surface area contributed by atoms with Gasteiger partial charge in [-0.05, 0) is 13.8 Å². The highest BCUT2D eigenvalue weighted by Crippen LogP contribution is 2.25. The van der Waals surface area contributed by atoms with Gasteiger partial charge in [0.1, 0.15) is 18.8 Å². The van der Waals surface area contributed by atoms with Crippen molar-refractivity contribution >= 4 is 22.8 Å². The molecule has 1 fully saturated rings.